The summed E-state index contributed by atoms with van der Waals surface area (Å²) >= 11 is 0. The van der Waals surface area contributed by atoms with Crippen LogP contribution in [0.1, 0.15) is 19.4 Å². The molecule has 0 atom stereocenters. The van der Waals surface area contributed by atoms with E-state index < -0.39 is 9.84 Å². The second-order valence-corrected chi connectivity index (χ2v) is 7.09. The first-order valence-corrected chi connectivity index (χ1v) is 8.60. The van der Waals surface area contributed by atoms with Gasteiger partial charge in [0.05, 0.1) is 11.0 Å². The van der Waals surface area contributed by atoms with E-state index in [-0.39, 0.29) is 15.9 Å². The van der Waals surface area contributed by atoms with Crippen LogP contribution < -0.4 is 4.74 Å². The predicted octanol–water partition coefficient (Wildman–Crippen LogP) is 3.81. The lowest BCUT2D eigenvalue weighted by atomic mass is 10.2. The lowest BCUT2D eigenvalue weighted by Gasteiger charge is -2.09. The fourth-order valence-electron chi connectivity index (χ4n) is 1.96. The molecule has 0 aromatic heterocycles. The Bertz CT molecular complexity index is 830. The van der Waals surface area contributed by atoms with E-state index in [0.29, 0.717) is 11.3 Å². The van der Waals surface area contributed by atoms with Crippen LogP contribution in [0.2, 0.25) is 0 Å². The van der Waals surface area contributed by atoms with E-state index in [1.165, 1.54) is 18.2 Å². The zero-order chi connectivity index (χ0) is 16.9. The van der Waals surface area contributed by atoms with Crippen molar-refractivity contribution in [3.63, 3.8) is 0 Å². The molecule has 0 saturated carbocycles. The van der Waals surface area contributed by atoms with E-state index in [4.69, 9.17) is 4.74 Å². The largest absolute Gasteiger partial charge is 0.491 e. The van der Waals surface area contributed by atoms with Crippen LogP contribution in [0.15, 0.2) is 64.4 Å². The van der Waals surface area contributed by atoms with Crippen molar-refractivity contribution < 1.29 is 13.2 Å². The van der Waals surface area contributed by atoms with E-state index in [1.54, 1.807) is 48.5 Å². The Hall–Kier alpha value is -2.58. The van der Waals surface area contributed by atoms with Gasteiger partial charge in [0, 0.05) is 0 Å². The van der Waals surface area contributed by atoms with E-state index in [1.807, 2.05) is 13.8 Å². The quantitative estimate of drug-likeness (QED) is 0.783. The molecule has 2 aromatic rings. The molecule has 0 radical (unpaired) electrons. The number of nitriles is 1. The lowest BCUT2D eigenvalue weighted by Crippen LogP contribution is -2.05. The molecule has 0 unspecified atom stereocenters. The van der Waals surface area contributed by atoms with E-state index in [2.05, 4.69) is 0 Å². The minimum absolute atomic E-state index is 0.0597. The zero-order valence-corrected chi connectivity index (χ0v) is 13.7. The van der Waals surface area contributed by atoms with Crippen molar-refractivity contribution in [3.8, 4) is 11.8 Å². The number of rotatable bonds is 5. The molecule has 0 saturated heterocycles. The van der Waals surface area contributed by atoms with Gasteiger partial charge in [0.2, 0.25) is 9.84 Å². The van der Waals surface area contributed by atoms with Gasteiger partial charge in [-0.3, -0.25) is 0 Å². The molecular formula is C18H17NO3S. The van der Waals surface area contributed by atoms with Crippen molar-refractivity contribution >= 4 is 15.9 Å². The van der Waals surface area contributed by atoms with Crippen molar-refractivity contribution in [2.45, 2.75) is 24.8 Å². The second-order valence-electron chi connectivity index (χ2n) is 5.17. The normalized spacial score (nSPS) is 12.0. The van der Waals surface area contributed by atoms with Gasteiger partial charge in [0.1, 0.15) is 16.7 Å². The van der Waals surface area contributed by atoms with Crippen LogP contribution in [-0.2, 0) is 9.84 Å². The molecule has 2 rings (SSSR count). The first-order chi connectivity index (χ1) is 10.9. The Kier molecular flexibility index (Phi) is 5.20. The number of benzene rings is 2. The Morgan fingerprint density at radius 3 is 2.22 bits per heavy atom. The summed E-state index contributed by atoms with van der Waals surface area (Å²) in [6.07, 6.45) is 1.42. The Morgan fingerprint density at radius 1 is 1.09 bits per heavy atom. The average molecular weight is 327 g/mol. The number of allylic oxidation sites excluding steroid dienone is 1. The van der Waals surface area contributed by atoms with Crippen LogP contribution in [0, 0.1) is 11.3 Å². The molecule has 0 amide bonds. The molecule has 2 aromatic carbocycles. The molecule has 0 N–H and O–H groups in total. The fraction of sp³-hybridized carbons (Fsp3) is 0.167. The molecule has 0 aliphatic heterocycles. The minimum Gasteiger partial charge on any atom is -0.491 e. The molecular weight excluding hydrogens is 310 g/mol. The van der Waals surface area contributed by atoms with Crippen LogP contribution in [0.3, 0.4) is 0 Å². The van der Waals surface area contributed by atoms with Crippen molar-refractivity contribution in [2.75, 3.05) is 0 Å². The van der Waals surface area contributed by atoms with E-state index in [9.17, 15) is 13.7 Å². The molecule has 0 aliphatic carbocycles. The number of ether oxygens (including phenoxy) is 1. The topological polar surface area (TPSA) is 67.2 Å². The number of sulfone groups is 1. The summed E-state index contributed by atoms with van der Waals surface area (Å²) in [6, 6.07) is 16.6. The average Bonchev–Trinajstić information content (AvgIpc) is 2.54. The second kappa shape index (κ2) is 7.12. The predicted molar refractivity (Wildman–Crippen MR) is 89.4 cm³/mol. The Morgan fingerprint density at radius 2 is 1.70 bits per heavy atom. The summed E-state index contributed by atoms with van der Waals surface area (Å²) in [6.45, 7) is 3.85. The fourth-order valence-corrected chi connectivity index (χ4v) is 3.14. The summed E-state index contributed by atoms with van der Waals surface area (Å²) in [4.78, 5) is -0.186. The summed E-state index contributed by atoms with van der Waals surface area (Å²) in [7, 11) is -3.81. The smallest absolute Gasteiger partial charge is 0.216 e. The van der Waals surface area contributed by atoms with Gasteiger partial charge < -0.3 is 4.74 Å². The maximum absolute atomic E-state index is 12.5. The standard InChI is InChI=1S/C18H17NO3S/c1-14(2)22-16-10-8-15(9-11-16)12-18(13-19)23(20,21)17-6-4-3-5-7-17/h3-12,14H,1-2H3/b18-12+. The minimum atomic E-state index is -3.81. The third-order valence-corrected chi connectivity index (χ3v) is 4.68. The molecule has 0 heterocycles. The monoisotopic (exact) mass is 327 g/mol. The van der Waals surface area contributed by atoms with Gasteiger partial charge in [-0.25, -0.2) is 8.42 Å². The summed E-state index contributed by atoms with van der Waals surface area (Å²) < 4.78 is 30.5. The molecule has 0 spiro atoms. The molecule has 0 fully saturated rings. The van der Waals surface area contributed by atoms with Crippen molar-refractivity contribution in [1.29, 1.82) is 5.26 Å². The SMILES string of the molecule is CC(C)Oc1ccc(/C=C(\C#N)S(=O)(=O)c2ccccc2)cc1. The van der Waals surface area contributed by atoms with Crippen LogP contribution in [0.5, 0.6) is 5.75 Å². The summed E-state index contributed by atoms with van der Waals surface area (Å²) in [5, 5.41) is 9.24. The maximum Gasteiger partial charge on any atom is 0.216 e. The van der Waals surface area contributed by atoms with Crippen molar-refractivity contribution in [3.05, 3.63) is 65.1 Å². The molecule has 4 nitrogen and oxygen atoms in total. The highest BCUT2D eigenvalue weighted by Crippen LogP contribution is 2.22. The van der Waals surface area contributed by atoms with Crippen molar-refractivity contribution in [1.82, 2.24) is 0 Å². The maximum atomic E-state index is 12.5. The van der Waals surface area contributed by atoms with Gasteiger partial charge >= 0.3 is 0 Å². The van der Waals surface area contributed by atoms with Gasteiger partial charge in [-0.05, 0) is 49.8 Å². The molecule has 118 valence electrons. The first kappa shape index (κ1) is 16.8. The van der Waals surface area contributed by atoms with Crippen LogP contribution in [-0.4, -0.2) is 14.5 Å². The third-order valence-electron chi connectivity index (χ3n) is 3.00. The third kappa shape index (κ3) is 4.21. The molecule has 23 heavy (non-hydrogen) atoms. The number of hydrogen-bond acceptors (Lipinski definition) is 4. The molecule has 5 heteroatoms. The van der Waals surface area contributed by atoms with Gasteiger partial charge in [-0.15, -0.1) is 0 Å². The lowest BCUT2D eigenvalue weighted by molar-refractivity contribution is 0.242. The van der Waals surface area contributed by atoms with Gasteiger partial charge in [-0.1, -0.05) is 30.3 Å². The first-order valence-electron chi connectivity index (χ1n) is 7.12. The van der Waals surface area contributed by atoms with E-state index in [0.717, 1.165) is 0 Å². The number of nitrogens with zero attached hydrogens (tertiary/aromatic N) is 1. The molecule has 0 aliphatic rings. The summed E-state index contributed by atoms with van der Waals surface area (Å²) in [5.41, 5.74) is 0.622. The highest BCUT2D eigenvalue weighted by molar-refractivity contribution is 7.95. The van der Waals surface area contributed by atoms with Crippen LogP contribution >= 0.6 is 0 Å². The van der Waals surface area contributed by atoms with Crippen LogP contribution in [0.25, 0.3) is 6.08 Å². The van der Waals surface area contributed by atoms with Crippen molar-refractivity contribution in [2.24, 2.45) is 0 Å². The zero-order valence-electron chi connectivity index (χ0n) is 12.9. The van der Waals surface area contributed by atoms with Crippen LogP contribution in [0.4, 0.5) is 0 Å². The van der Waals surface area contributed by atoms with Gasteiger partial charge in [-0.2, -0.15) is 5.26 Å². The molecule has 0 bridgehead atoms. The van der Waals surface area contributed by atoms with Gasteiger partial charge in [0.25, 0.3) is 0 Å². The highest BCUT2D eigenvalue weighted by Gasteiger charge is 2.20. The highest BCUT2D eigenvalue weighted by atomic mass is 32.2. The van der Waals surface area contributed by atoms with E-state index >= 15 is 0 Å². The van der Waals surface area contributed by atoms with Gasteiger partial charge in [0.15, 0.2) is 0 Å². The summed E-state index contributed by atoms with van der Waals surface area (Å²) in [5.74, 6) is 0.696. The Labute approximate surface area is 136 Å². The number of hydrogen-bond donors (Lipinski definition) is 0. The Balaban J connectivity index is 2.34.